The van der Waals surface area contributed by atoms with Gasteiger partial charge >= 0.3 is 0 Å². The Hall–Kier alpha value is -1.35. The van der Waals surface area contributed by atoms with Gasteiger partial charge in [-0.25, -0.2) is 0 Å². The van der Waals surface area contributed by atoms with E-state index in [0.29, 0.717) is 0 Å². The number of nitrogens with zero attached hydrogens (tertiary/aromatic N) is 1. The van der Waals surface area contributed by atoms with Crippen molar-refractivity contribution in [3.63, 3.8) is 0 Å². The molecule has 0 aliphatic rings. The first-order valence-electron chi connectivity index (χ1n) is 4.27. The highest BCUT2D eigenvalue weighted by Gasteiger charge is 1.94. The van der Waals surface area contributed by atoms with Gasteiger partial charge in [0.25, 0.3) is 0 Å². The predicted molar refractivity (Wildman–Crippen MR) is 61.7 cm³/mol. The second-order valence-corrected chi connectivity index (χ2v) is 3.80. The second-order valence-electron chi connectivity index (χ2n) is 2.88. The van der Waals surface area contributed by atoms with E-state index in [1.807, 2.05) is 36.4 Å². The Balaban J connectivity index is 2.19. The zero-order valence-electron chi connectivity index (χ0n) is 7.44. The number of nitrogens with one attached hydrogen (secondary N) is 1. The lowest BCUT2D eigenvalue weighted by Gasteiger charge is -2.05. The van der Waals surface area contributed by atoms with Crippen LogP contribution >= 0.6 is 15.9 Å². The van der Waals surface area contributed by atoms with Crippen molar-refractivity contribution in [3.8, 4) is 0 Å². The van der Waals surface area contributed by atoms with Crippen LogP contribution in [-0.4, -0.2) is 4.98 Å². The normalized spacial score (nSPS) is 9.79. The molecule has 2 aromatic rings. The lowest BCUT2D eigenvalue weighted by molar-refractivity contribution is 1.30. The van der Waals surface area contributed by atoms with Crippen molar-refractivity contribution in [2.45, 2.75) is 0 Å². The highest BCUT2D eigenvalue weighted by atomic mass is 79.9. The van der Waals surface area contributed by atoms with E-state index in [2.05, 4.69) is 26.2 Å². The van der Waals surface area contributed by atoms with Crippen molar-refractivity contribution in [3.05, 3.63) is 53.3 Å². The van der Waals surface area contributed by atoms with Crippen LogP contribution in [0.1, 0.15) is 0 Å². The fourth-order valence-corrected chi connectivity index (χ4v) is 1.53. The highest BCUT2D eigenvalue weighted by molar-refractivity contribution is 9.10. The second kappa shape index (κ2) is 4.24. The van der Waals surface area contributed by atoms with Gasteiger partial charge in [0.05, 0.1) is 11.9 Å². The van der Waals surface area contributed by atoms with E-state index in [0.717, 1.165) is 15.8 Å². The molecule has 70 valence electrons. The van der Waals surface area contributed by atoms with Gasteiger partial charge < -0.3 is 5.32 Å². The monoisotopic (exact) mass is 248 g/mol. The molecule has 0 saturated heterocycles. The summed E-state index contributed by atoms with van der Waals surface area (Å²) in [7, 11) is 0. The van der Waals surface area contributed by atoms with Crippen molar-refractivity contribution in [2.24, 2.45) is 0 Å². The summed E-state index contributed by atoms with van der Waals surface area (Å²) in [5.41, 5.74) is 2.04. The SMILES string of the molecule is Brc1cncc(Nc2ccccc2)c1. The van der Waals surface area contributed by atoms with Crippen LogP contribution < -0.4 is 5.32 Å². The van der Waals surface area contributed by atoms with E-state index >= 15 is 0 Å². The van der Waals surface area contributed by atoms with Gasteiger partial charge in [-0.2, -0.15) is 0 Å². The average Bonchev–Trinajstić information content (AvgIpc) is 2.19. The minimum atomic E-state index is 0.971. The number of anilines is 2. The number of hydrogen-bond acceptors (Lipinski definition) is 2. The number of rotatable bonds is 2. The molecule has 0 radical (unpaired) electrons. The van der Waals surface area contributed by atoms with E-state index in [1.54, 1.807) is 12.4 Å². The summed E-state index contributed by atoms with van der Waals surface area (Å²) >= 11 is 3.37. The molecule has 0 atom stereocenters. The van der Waals surface area contributed by atoms with Gasteiger partial charge in [0.1, 0.15) is 0 Å². The molecule has 0 bridgehead atoms. The molecule has 0 aliphatic carbocycles. The van der Waals surface area contributed by atoms with Crippen LogP contribution in [0, 0.1) is 0 Å². The molecule has 1 N–H and O–H groups in total. The molecule has 1 aromatic carbocycles. The van der Waals surface area contributed by atoms with Crippen LogP contribution in [0.4, 0.5) is 11.4 Å². The zero-order valence-corrected chi connectivity index (χ0v) is 9.03. The summed E-state index contributed by atoms with van der Waals surface area (Å²) in [5.74, 6) is 0. The van der Waals surface area contributed by atoms with Crippen LogP contribution in [-0.2, 0) is 0 Å². The van der Waals surface area contributed by atoms with Crippen LogP contribution in [0.3, 0.4) is 0 Å². The maximum Gasteiger partial charge on any atom is 0.0582 e. The Morgan fingerprint density at radius 3 is 2.50 bits per heavy atom. The Kier molecular flexibility index (Phi) is 2.79. The largest absolute Gasteiger partial charge is 0.354 e. The molecular weight excluding hydrogens is 240 g/mol. The Morgan fingerprint density at radius 2 is 1.79 bits per heavy atom. The van der Waals surface area contributed by atoms with Crippen molar-refractivity contribution in [1.82, 2.24) is 4.98 Å². The first-order chi connectivity index (χ1) is 6.84. The smallest absolute Gasteiger partial charge is 0.0582 e. The van der Waals surface area contributed by atoms with Gasteiger partial charge in [-0.1, -0.05) is 18.2 Å². The Labute approximate surface area is 91.1 Å². The van der Waals surface area contributed by atoms with Gasteiger partial charge in [-0.05, 0) is 34.1 Å². The van der Waals surface area contributed by atoms with Crippen molar-refractivity contribution in [1.29, 1.82) is 0 Å². The van der Waals surface area contributed by atoms with Crippen LogP contribution in [0.15, 0.2) is 53.3 Å². The third kappa shape index (κ3) is 2.33. The first kappa shape index (κ1) is 9.21. The molecule has 0 fully saturated rings. The van der Waals surface area contributed by atoms with Gasteiger partial charge in [0, 0.05) is 16.4 Å². The predicted octanol–water partition coefficient (Wildman–Crippen LogP) is 3.59. The van der Waals surface area contributed by atoms with Gasteiger partial charge in [0.15, 0.2) is 0 Å². The van der Waals surface area contributed by atoms with Crippen LogP contribution in [0.25, 0.3) is 0 Å². The lowest BCUT2D eigenvalue weighted by atomic mass is 10.3. The summed E-state index contributed by atoms with van der Waals surface area (Å²) in [4.78, 5) is 4.07. The summed E-state index contributed by atoms with van der Waals surface area (Å²) in [6.07, 6.45) is 3.55. The number of aromatic nitrogens is 1. The van der Waals surface area contributed by atoms with E-state index in [1.165, 1.54) is 0 Å². The molecular formula is C11H9BrN2. The molecule has 2 rings (SSSR count). The number of pyridine rings is 1. The third-order valence-electron chi connectivity index (χ3n) is 1.77. The Morgan fingerprint density at radius 1 is 1.00 bits per heavy atom. The molecule has 2 nitrogen and oxygen atoms in total. The van der Waals surface area contributed by atoms with E-state index in [4.69, 9.17) is 0 Å². The van der Waals surface area contributed by atoms with Gasteiger partial charge in [-0.3, -0.25) is 4.98 Å². The van der Waals surface area contributed by atoms with Crippen LogP contribution in [0.2, 0.25) is 0 Å². The summed E-state index contributed by atoms with van der Waals surface area (Å²) < 4.78 is 0.971. The summed E-state index contributed by atoms with van der Waals surface area (Å²) in [6, 6.07) is 12.0. The first-order valence-corrected chi connectivity index (χ1v) is 5.06. The maximum absolute atomic E-state index is 4.07. The number of hydrogen-bond donors (Lipinski definition) is 1. The van der Waals surface area contributed by atoms with Crippen molar-refractivity contribution in [2.75, 3.05) is 5.32 Å². The summed E-state index contributed by atoms with van der Waals surface area (Å²) in [5, 5.41) is 3.25. The minimum Gasteiger partial charge on any atom is -0.354 e. The standard InChI is InChI=1S/C11H9BrN2/c12-9-6-11(8-13-7-9)14-10-4-2-1-3-5-10/h1-8,14H. The average molecular weight is 249 g/mol. The topological polar surface area (TPSA) is 24.9 Å². The number of halogens is 1. The molecule has 0 saturated carbocycles. The third-order valence-corrected chi connectivity index (χ3v) is 2.20. The number of benzene rings is 1. The van der Waals surface area contributed by atoms with Gasteiger partial charge in [-0.15, -0.1) is 0 Å². The fourth-order valence-electron chi connectivity index (χ4n) is 1.17. The fraction of sp³-hybridized carbons (Fsp3) is 0. The quantitative estimate of drug-likeness (QED) is 0.879. The van der Waals surface area contributed by atoms with E-state index in [-0.39, 0.29) is 0 Å². The molecule has 1 aromatic heterocycles. The number of para-hydroxylation sites is 1. The maximum atomic E-state index is 4.07. The molecule has 0 spiro atoms. The molecule has 14 heavy (non-hydrogen) atoms. The lowest BCUT2D eigenvalue weighted by Crippen LogP contribution is -1.89. The molecule has 0 aliphatic heterocycles. The van der Waals surface area contributed by atoms with Crippen molar-refractivity contribution < 1.29 is 0 Å². The molecule has 0 unspecified atom stereocenters. The van der Waals surface area contributed by atoms with Gasteiger partial charge in [0.2, 0.25) is 0 Å². The molecule has 0 amide bonds. The van der Waals surface area contributed by atoms with Crippen LogP contribution in [0.5, 0.6) is 0 Å². The van der Waals surface area contributed by atoms with E-state index < -0.39 is 0 Å². The zero-order chi connectivity index (χ0) is 9.80. The van der Waals surface area contributed by atoms with Crippen molar-refractivity contribution >= 4 is 27.3 Å². The van der Waals surface area contributed by atoms with E-state index in [9.17, 15) is 0 Å². The summed E-state index contributed by atoms with van der Waals surface area (Å²) in [6.45, 7) is 0. The molecule has 3 heteroatoms. The highest BCUT2D eigenvalue weighted by Crippen LogP contribution is 2.18. The minimum absolute atomic E-state index is 0.971. The molecule has 1 heterocycles. The Bertz CT molecular complexity index is 415.